The van der Waals surface area contributed by atoms with E-state index in [1.807, 2.05) is 44.2 Å². The topological polar surface area (TPSA) is 66.4 Å². The fourth-order valence-corrected chi connectivity index (χ4v) is 7.16. The van der Waals surface area contributed by atoms with E-state index in [0.717, 1.165) is 44.0 Å². The summed E-state index contributed by atoms with van der Waals surface area (Å²) in [4.78, 5) is 12.3. The van der Waals surface area contributed by atoms with Crippen molar-refractivity contribution in [3.8, 4) is 28.4 Å². The minimum absolute atomic E-state index is 0.176. The summed E-state index contributed by atoms with van der Waals surface area (Å²) in [6.45, 7) is 16.2. The van der Waals surface area contributed by atoms with Crippen LogP contribution in [0.25, 0.3) is 32.7 Å². The smallest absolute Gasteiger partial charge is 0.265 e. The van der Waals surface area contributed by atoms with Crippen molar-refractivity contribution in [1.29, 1.82) is 0 Å². The zero-order valence-corrected chi connectivity index (χ0v) is 24.4. The van der Waals surface area contributed by atoms with E-state index in [9.17, 15) is 5.11 Å². The van der Waals surface area contributed by atoms with E-state index in [2.05, 4.69) is 52.8 Å². The monoisotopic (exact) mass is 542 g/mol. The molecule has 4 aromatic rings. The van der Waals surface area contributed by atoms with E-state index in [1.165, 1.54) is 0 Å². The Morgan fingerprint density at radius 3 is 2.23 bits per heavy atom. The first-order valence-corrected chi connectivity index (χ1v) is 14.1. The highest BCUT2D eigenvalue weighted by Crippen LogP contribution is 2.70. The number of aromatic hydroxyl groups is 1. The van der Waals surface area contributed by atoms with Gasteiger partial charge < -0.3 is 19.3 Å². The third-order valence-corrected chi connectivity index (χ3v) is 8.55. The highest BCUT2D eigenvalue weighted by Gasteiger charge is 2.82. The number of phenols is 1. The second-order valence-electron chi connectivity index (χ2n) is 12.4. The summed E-state index contributed by atoms with van der Waals surface area (Å²) in [5, 5.41) is 14.5. The fraction of sp³-hybridized carbons (Fsp3) is 0.412. The average Bonchev–Trinajstić information content (AvgIpc) is 3.04. The molecule has 6 heteroatoms. The zero-order chi connectivity index (χ0) is 28.5. The van der Waals surface area contributed by atoms with Crippen LogP contribution >= 0.6 is 0 Å². The lowest BCUT2D eigenvalue weighted by Crippen LogP contribution is -2.73. The van der Waals surface area contributed by atoms with Gasteiger partial charge >= 0.3 is 0 Å². The Labute approximate surface area is 235 Å². The summed E-state index contributed by atoms with van der Waals surface area (Å²) in [6.07, 6.45) is 0. The number of hydrogen-bond donors (Lipinski definition) is 1. The third-order valence-electron chi connectivity index (χ3n) is 8.55. The third kappa shape index (κ3) is 3.46. The number of phenolic OH excluding ortho intramolecular Hbond substituents is 1. The maximum Gasteiger partial charge on any atom is 0.265 e. The highest BCUT2D eigenvalue weighted by atomic mass is 17.3. The molecule has 1 N–H and O–H groups in total. The van der Waals surface area contributed by atoms with Crippen molar-refractivity contribution in [1.82, 2.24) is 0 Å². The van der Waals surface area contributed by atoms with Gasteiger partial charge in [-0.25, -0.2) is 4.89 Å². The van der Waals surface area contributed by atoms with Crippen LogP contribution in [-0.4, -0.2) is 30.5 Å². The van der Waals surface area contributed by atoms with Crippen LogP contribution in [0.1, 0.15) is 54.0 Å². The molecule has 2 atom stereocenters. The molecule has 0 radical (unpaired) electrons. The predicted molar refractivity (Wildman–Crippen MR) is 157 cm³/mol. The molecule has 6 rings (SSSR count). The summed E-state index contributed by atoms with van der Waals surface area (Å²) >= 11 is 0. The molecule has 2 fully saturated rings. The standard InChI is InChI=1S/C34H38O6/c1-8-36-27-17-14-21-12-10-11-13-24(21)28(27)29-25-16-15-23(35)18-22(25)19-26(30(29)37-9-2)33-34(40-39-33,31(3,4)5)32(6,7)20-38-33/h10-19,35H,8-9,20H2,1-7H3. The summed E-state index contributed by atoms with van der Waals surface area (Å²) in [7, 11) is 0. The molecule has 2 aliphatic heterocycles. The molecule has 2 unspecified atom stereocenters. The summed E-state index contributed by atoms with van der Waals surface area (Å²) in [5.41, 5.74) is 1.02. The van der Waals surface area contributed by atoms with Gasteiger partial charge in [0.2, 0.25) is 0 Å². The highest BCUT2D eigenvalue weighted by molar-refractivity contribution is 6.10. The second kappa shape index (κ2) is 9.10. The van der Waals surface area contributed by atoms with Gasteiger partial charge in [0.05, 0.1) is 25.4 Å². The van der Waals surface area contributed by atoms with Gasteiger partial charge in [-0.05, 0) is 65.7 Å². The van der Waals surface area contributed by atoms with Crippen molar-refractivity contribution in [2.75, 3.05) is 19.8 Å². The van der Waals surface area contributed by atoms with Crippen molar-refractivity contribution >= 4 is 21.5 Å². The average molecular weight is 543 g/mol. The lowest BCUT2D eigenvalue weighted by Gasteiger charge is -2.61. The van der Waals surface area contributed by atoms with Crippen molar-refractivity contribution in [3.63, 3.8) is 0 Å². The molecule has 2 heterocycles. The molecule has 0 spiro atoms. The van der Waals surface area contributed by atoms with Gasteiger partial charge in [0, 0.05) is 22.0 Å². The number of rotatable bonds is 6. The van der Waals surface area contributed by atoms with Crippen molar-refractivity contribution in [2.24, 2.45) is 10.8 Å². The largest absolute Gasteiger partial charge is 0.508 e. The van der Waals surface area contributed by atoms with Crippen LogP contribution in [0.2, 0.25) is 0 Å². The Morgan fingerprint density at radius 1 is 0.825 bits per heavy atom. The van der Waals surface area contributed by atoms with Crippen LogP contribution < -0.4 is 9.47 Å². The SMILES string of the molecule is CCOc1ccc2ccccc2c1-c1c(OCC)c(C23OCC(C)(C)C2(C(C)(C)C)OO3)cc2cc(O)ccc12. The van der Waals surface area contributed by atoms with Gasteiger partial charge in [-0.3, -0.25) is 0 Å². The van der Waals surface area contributed by atoms with Crippen LogP contribution in [0, 0.1) is 10.8 Å². The van der Waals surface area contributed by atoms with Gasteiger partial charge in [0.15, 0.2) is 5.60 Å². The summed E-state index contributed by atoms with van der Waals surface area (Å²) in [6, 6.07) is 19.8. The molecular weight excluding hydrogens is 504 g/mol. The lowest BCUT2D eigenvalue weighted by molar-refractivity contribution is -0.626. The molecule has 2 aliphatic rings. The minimum atomic E-state index is -1.22. The van der Waals surface area contributed by atoms with E-state index in [1.54, 1.807) is 12.1 Å². The normalized spacial score (nSPS) is 23.7. The number of fused-ring (bicyclic) bond motifs is 3. The molecule has 0 aliphatic carbocycles. The molecule has 0 aromatic heterocycles. The molecule has 2 saturated heterocycles. The van der Waals surface area contributed by atoms with Gasteiger partial charge in [0.25, 0.3) is 5.79 Å². The number of hydrogen-bond acceptors (Lipinski definition) is 6. The molecule has 210 valence electrons. The minimum Gasteiger partial charge on any atom is -0.508 e. The van der Waals surface area contributed by atoms with Gasteiger partial charge in [-0.1, -0.05) is 65.0 Å². The summed E-state index contributed by atoms with van der Waals surface area (Å²) in [5.74, 6) is 0.373. The Morgan fingerprint density at radius 2 is 1.55 bits per heavy atom. The molecule has 6 nitrogen and oxygen atoms in total. The van der Waals surface area contributed by atoms with Gasteiger partial charge in [0.1, 0.15) is 17.2 Å². The zero-order valence-electron chi connectivity index (χ0n) is 24.4. The molecule has 0 amide bonds. The molecule has 4 aromatic carbocycles. The van der Waals surface area contributed by atoms with Gasteiger partial charge in [-0.15, -0.1) is 0 Å². The van der Waals surface area contributed by atoms with Crippen LogP contribution in [0.4, 0.5) is 0 Å². The van der Waals surface area contributed by atoms with E-state index >= 15 is 0 Å². The second-order valence-corrected chi connectivity index (χ2v) is 12.4. The van der Waals surface area contributed by atoms with Crippen LogP contribution in [0.3, 0.4) is 0 Å². The fourth-order valence-electron chi connectivity index (χ4n) is 7.16. The Hall–Kier alpha value is -3.32. The first-order valence-electron chi connectivity index (χ1n) is 14.1. The predicted octanol–water partition coefficient (Wildman–Crippen LogP) is 8.12. The van der Waals surface area contributed by atoms with Crippen molar-refractivity contribution in [2.45, 2.75) is 59.9 Å². The van der Waals surface area contributed by atoms with Crippen LogP contribution in [0.15, 0.2) is 60.7 Å². The maximum absolute atomic E-state index is 10.6. The number of benzene rings is 4. The van der Waals surface area contributed by atoms with Crippen LogP contribution in [-0.2, 0) is 20.3 Å². The lowest BCUT2D eigenvalue weighted by atomic mass is 9.57. The van der Waals surface area contributed by atoms with E-state index < -0.39 is 11.4 Å². The number of ether oxygens (including phenoxy) is 3. The molecule has 40 heavy (non-hydrogen) atoms. The molecular formula is C34H38O6. The van der Waals surface area contributed by atoms with Crippen molar-refractivity contribution in [3.05, 3.63) is 66.2 Å². The molecule has 0 bridgehead atoms. The van der Waals surface area contributed by atoms with Crippen LogP contribution in [0.5, 0.6) is 17.2 Å². The van der Waals surface area contributed by atoms with Crippen molar-refractivity contribution < 1.29 is 29.1 Å². The Bertz CT molecular complexity index is 1620. The maximum atomic E-state index is 10.6. The van der Waals surface area contributed by atoms with E-state index in [-0.39, 0.29) is 16.6 Å². The van der Waals surface area contributed by atoms with Gasteiger partial charge in [-0.2, -0.15) is 4.89 Å². The quantitative estimate of drug-likeness (QED) is 0.248. The Balaban J connectivity index is 1.79. The van der Waals surface area contributed by atoms with E-state index in [4.69, 9.17) is 24.0 Å². The summed E-state index contributed by atoms with van der Waals surface area (Å²) < 4.78 is 19.5. The van der Waals surface area contributed by atoms with E-state index in [0.29, 0.717) is 25.6 Å². The molecule has 0 saturated carbocycles. The Kier molecular flexibility index (Phi) is 6.11. The first-order chi connectivity index (χ1) is 19.0. The first kappa shape index (κ1) is 26.9.